The first-order valence-corrected chi connectivity index (χ1v) is 9.55. The minimum Gasteiger partial charge on any atom is -0.396 e. The Balaban J connectivity index is 0.00000261. The van der Waals surface area contributed by atoms with E-state index in [1.165, 1.54) is 0 Å². The van der Waals surface area contributed by atoms with Gasteiger partial charge in [0, 0.05) is 57.5 Å². The van der Waals surface area contributed by atoms with Crippen molar-refractivity contribution in [3.8, 4) is 0 Å². The van der Waals surface area contributed by atoms with Crippen LogP contribution in [0.3, 0.4) is 0 Å². The van der Waals surface area contributed by atoms with Gasteiger partial charge in [0.25, 0.3) is 0 Å². The number of aliphatic imine (C=N–C) groups is 1. The highest BCUT2D eigenvalue weighted by Gasteiger charge is 2.32. The van der Waals surface area contributed by atoms with Crippen LogP contribution in [0, 0.1) is 5.41 Å². The van der Waals surface area contributed by atoms with E-state index in [-0.39, 0.29) is 42.0 Å². The Kier molecular flexibility index (Phi) is 8.84. The number of anilines is 1. The Morgan fingerprint density at radius 2 is 2.26 bits per heavy atom. The number of hydrogen-bond acceptors (Lipinski definition) is 5. The van der Waals surface area contributed by atoms with Crippen molar-refractivity contribution in [1.29, 1.82) is 0 Å². The second kappa shape index (κ2) is 10.6. The third-order valence-corrected chi connectivity index (χ3v) is 5.61. The number of aliphatic hydroxyl groups is 1. The first-order valence-electron chi connectivity index (χ1n) is 9.17. The molecule has 0 radical (unpaired) electrons. The third-order valence-electron chi connectivity index (χ3n) is 5.31. The van der Waals surface area contributed by atoms with E-state index < -0.39 is 0 Å². The van der Waals surface area contributed by atoms with E-state index in [4.69, 9.17) is 16.3 Å². The van der Waals surface area contributed by atoms with Crippen LogP contribution in [0.25, 0.3) is 0 Å². The lowest BCUT2D eigenvalue weighted by Gasteiger charge is -2.36. The van der Waals surface area contributed by atoms with Gasteiger partial charge in [-0.25, -0.2) is 4.98 Å². The number of halogens is 2. The molecule has 0 spiro atoms. The summed E-state index contributed by atoms with van der Waals surface area (Å²) in [6.45, 7) is 4.00. The Hall–Kier alpha value is -0.840. The fourth-order valence-corrected chi connectivity index (χ4v) is 3.78. The van der Waals surface area contributed by atoms with Crippen LogP contribution in [-0.2, 0) is 4.74 Å². The Labute approximate surface area is 182 Å². The number of ether oxygens (including phenoxy) is 1. The second-order valence-electron chi connectivity index (χ2n) is 7.08. The van der Waals surface area contributed by atoms with Crippen molar-refractivity contribution in [3.05, 3.63) is 23.4 Å². The van der Waals surface area contributed by atoms with E-state index in [1.54, 1.807) is 13.2 Å². The molecule has 9 heteroatoms. The van der Waals surface area contributed by atoms with Crippen LogP contribution in [0.4, 0.5) is 5.82 Å². The fraction of sp³-hybridized carbons (Fsp3) is 0.667. The first-order chi connectivity index (χ1) is 12.7. The number of guanidine groups is 1. The van der Waals surface area contributed by atoms with Gasteiger partial charge >= 0.3 is 0 Å². The molecule has 0 amide bonds. The van der Waals surface area contributed by atoms with Crippen molar-refractivity contribution >= 4 is 47.4 Å². The number of aliphatic hydroxyl groups excluding tert-OH is 1. The number of nitrogens with zero attached hydrogens (tertiary/aromatic N) is 3. The van der Waals surface area contributed by atoms with Gasteiger partial charge in [0.15, 0.2) is 5.96 Å². The van der Waals surface area contributed by atoms with Gasteiger partial charge in [-0.2, -0.15) is 0 Å². The van der Waals surface area contributed by atoms with Crippen LogP contribution < -0.4 is 15.5 Å². The topological polar surface area (TPSA) is 82.0 Å². The Morgan fingerprint density at radius 1 is 1.48 bits per heavy atom. The Morgan fingerprint density at radius 3 is 2.93 bits per heavy atom. The molecule has 0 aromatic carbocycles. The van der Waals surface area contributed by atoms with Crippen molar-refractivity contribution in [1.82, 2.24) is 15.6 Å². The fourth-order valence-electron chi connectivity index (χ4n) is 3.53. The van der Waals surface area contributed by atoms with Crippen molar-refractivity contribution in [2.24, 2.45) is 10.4 Å². The van der Waals surface area contributed by atoms with Crippen LogP contribution in [0.5, 0.6) is 0 Å². The van der Waals surface area contributed by atoms with E-state index in [9.17, 15) is 5.11 Å². The van der Waals surface area contributed by atoms with Gasteiger partial charge in [0.05, 0.1) is 11.6 Å². The second-order valence-corrected chi connectivity index (χ2v) is 7.49. The third kappa shape index (κ3) is 5.82. The van der Waals surface area contributed by atoms with Gasteiger partial charge in [-0.1, -0.05) is 11.6 Å². The largest absolute Gasteiger partial charge is 0.396 e. The summed E-state index contributed by atoms with van der Waals surface area (Å²) in [5.74, 6) is 1.60. The molecule has 0 saturated carbocycles. The maximum Gasteiger partial charge on any atom is 0.191 e. The average Bonchev–Trinajstić information content (AvgIpc) is 3.14. The van der Waals surface area contributed by atoms with E-state index in [1.807, 2.05) is 12.1 Å². The summed E-state index contributed by atoms with van der Waals surface area (Å²) in [5, 5.41) is 17.4. The van der Waals surface area contributed by atoms with Crippen LogP contribution in [0.2, 0.25) is 5.02 Å². The standard InChI is InChI=1S/C18H28ClN5O2.HI/c1-20-17(22-12-18(13-25)5-9-26-10-6-18)23-14-4-8-24(11-14)16-15(19)3-2-7-21-16;/h2-3,7,14,25H,4-6,8-13H2,1H3,(H2,20,22,23);1H. The number of pyridine rings is 1. The van der Waals surface area contributed by atoms with Crippen molar-refractivity contribution < 1.29 is 9.84 Å². The zero-order valence-electron chi connectivity index (χ0n) is 15.7. The van der Waals surface area contributed by atoms with E-state index in [2.05, 4.69) is 25.5 Å². The number of aromatic nitrogens is 1. The van der Waals surface area contributed by atoms with Gasteiger partial charge in [-0.05, 0) is 31.4 Å². The van der Waals surface area contributed by atoms with Gasteiger partial charge in [0.1, 0.15) is 5.82 Å². The molecule has 0 bridgehead atoms. The zero-order valence-corrected chi connectivity index (χ0v) is 18.7. The zero-order chi connectivity index (χ0) is 18.4. The lowest BCUT2D eigenvalue weighted by atomic mass is 9.81. The molecule has 1 aromatic rings. The van der Waals surface area contributed by atoms with Crippen molar-refractivity contribution in [2.75, 3.05) is 51.4 Å². The summed E-state index contributed by atoms with van der Waals surface area (Å²) in [6, 6.07) is 3.99. The minimum atomic E-state index is -0.126. The summed E-state index contributed by atoms with van der Waals surface area (Å²) in [5.41, 5.74) is -0.126. The van der Waals surface area contributed by atoms with Crippen LogP contribution in [-0.4, -0.2) is 68.6 Å². The molecule has 1 unspecified atom stereocenters. The molecule has 2 aliphatic heterocycles. The molecule has 27 heavy (non-hydrogen) atoms. The summed E-state index contributed by atoms with van der Waals surface area (Å²) >= 11 is 6.26. The predicted octanol–water partition coefficient (Wildman–Crippen LogP) is 1.89. The van der Waals surface area contributed by atoms with Crippen LogP contribution in [0.15, 0.2) is 23.3 Å². The predicted molar refractivity (Wildman–Crippen MR) is 119 cm³/mol. The molecule has 3 heterocycles. The van der Waals surface area contributed by atoms with E-state index in [0.29, 0.717) is 24.8 Å². The molecule has 0 aliphatic carbocycles. The highest BCUT2D eigenvalue weighted by Crippen LogP contribution is 2.29. The van der Waals surface area contributed by atoms with Crippen LogP contribution >= 0.6 is 35.6 Å². The maximum absolute atomic E-state index is 9.82. The van der Waals surface area contributed by atoms with Gasteiger partial charge in [-0.3, -0.25) is 4.99 Å². The first kappa shape index (κ1) is 22.4. The monoisotopic (exact) mass is 509 g/mol. The number of hydrogen-bond donors (Lipinski definition) is 3. The van der Waals surface area contributed by atoms with Crippen molar-refractivity contribution in [2.45, 2.75) is 25.3 Å². The quantitative estimate of drug-likeness (QED) is 0.320. The average molecular weight is 510 g/mol. The van der Waals surface area contributed by atoms with Crippen molar-refractivity contribution in [3.63, 3.8) is 0 Å². The molecular formula is C18H29ClIN5O2. The van der Waals surface area contributed by atoms with E-state index >= 15 is 0 Å². The Bertz CT molecular complexity index is 628. The van der Waals surface area contributed by atoms with Gasteiger partial charge in [-0.15, -0.1) is 24.0 Å². The number of nitrogens with one attached hydrogen (secondary N) is 2. The van der Waals surface area contributed by atoms with Crippen LogP contribution in [0.1, 0.15) is 19.3 Å². The normalized spacial score (nSPS) is 22.3. The minimum absolute atomic E-state index is 0. The smallest absolute Gasteiger partial charge is 0.191 e. The lowest BCUT2D eigenvalue weighted by Crippen LogP contribution is -2.50. The molecule has 1 aromatic heterocycles. The molecule has 2 aliphatic rings. The molecule has 1 atom stereocenters. The summed E-state index contributed by atoms with van der Waals surface area (Å²) < 4.78 is 5.42. The summed E-state index contributed by atoms with van der Waals surface area (Å²) in [4.78, 5) is 10.9. The lowest BCUT2D eigenvalue weighted by molar-refractivity contribution is -0.0132. The highest BCUT2D eigenvalue weighted by molar-refractivity contribution is 14.0. The number of rotatable bonds is 5. The molecule has 3 rings (SSSR count). The SMILES string of the molecule is CN=C(NCC1(CO)CCOCC1)NC1CCN(c2ncccc2Cl)C1.I. The van der Waals surface area contributed by atoms with Gasteiger partial charge < -0.3 is 25.4 Å². The van der Waals surface area contributed by atoms with E-state index in [0.717, 1.165) is 44.1 Å². The summed E-state index contributed by atoms with van der Waals surface area (Å²) in [7, 11) is 1.77. The molecular weight excluding hydrogens is 481 g/mol. The summed E-state index contributed by atoms with van der Waals surface area (Å²) in [6.07, 6.45) is 4.49. The molecule has 3 N–H and O–H groups in total. The molecule has 7 nitrogen and oxygen atoms in total. The maximum atomic E-state index is 9.82. The molecule has 2 saturated heterocycles. The molecule has 152 valence electrons. The van der Waals surface area contributed by atoms with Gasteiger partial charge in [0.2, 0.25) is 0 Å². The molecule has 2 fully saturated rings. The highest BCUT2D eigenvalue weighted by atomic mass is 127.